The normalized spacial score (nSPS) is 11.8. The zero-order chi connectivity index (χ0) is 14.0. The second kappa shape index (κ2) is 5.01. The van der Waals surface area contributed by atoms with Gasteiger partial charge in [-0.25, -0.2) is 0 Å². The quantitative estimate of drug-likeness (QED) is 0.877. The number of hydrogen-bond donors (Lipinski definition) is 2. The number of aromatic nitrogens is 1. The number of nitrogens with zero attached hydrogens (tertiary/aromatic N) is 1. The number of hydrogen-bond acceptors (Lipinski definition) is 4. The van der Waals surface area contributed by atoms with Crippen LogP contribution in [0.1, 0.15) is 25.1 Å². The molecule has 0 unspecified atom stereocenters. The molecule has 0 fully saturated rings. The first-order valence-electron chi connectivity index (χ1n) is 6.18. The summed E-state index contributed by atoms with van der Waals surface area (Å²) < 4.78 is 5.18. The number of aliphatic hydroxyl groups is 1. The summed E-state index contributed by atoms with van der Waals surface area (Å²) in [6.07, 6.45) is 0.139. The van der Waals surface area contributed by atoms with Crippen molar-refractivity contribution in [3.05, 3.63) is 29.5 Å². The van der Waals surface area contributed by atoms with Crippen molar-refractivity contribution in [3.63, 3.8) is 0 Å². The van der Waals surface area contributed by atoms with Crippen molar-refractivity contribution < 1.29 is 14.4 Å². The van der Waals surface area contributed by atoms with Crippen LogP contribution in [-0.2, 0) is 11.2 Å². The van der Waals surface area contributed by atoms with Crippen LogP contribution in [0.3, 0.4) is 0 Å². The Morgan fingerprint density at radius 3 is 2.89 bits per heavy atom. The largest absolute Gasteiger partial charge is 0.394 e. The molecule has 102 valence electrons. The molecule has 2 N–H and O–H groups in total. The minimum atomic E-state index is -0.632. The van der Waals surface area contributed by atoms with E-state index < -0.39 is 5.54 Å². The Balaban J connectivity index is 2.17. The second-order valence-corrected chi connectivity index (χ2v) is 5.40. The molecule has 5 heteroatoms. The van der Waals surface area contributed by atoms with Crippen LogP contribution >= 0.6 is 0 Å². The molecule has 0 saturated heterocycles. The van der Waals surface area contributed by atoms with Gasteiger partial charge in [-0.15, -0.1) is 0 Å². The number of carbonyl (C=O) groups excluding carboxylic acids is 1. The van der Waals surface area contributed by atoms with E-state index in [1.807, 2.05) is 25.1 Å². The van der Waals surface area contributed by atoms with Crippen molar-refractivity contribution in [2.45, 2.75) is 32.7 Å². The maximum Gasteiger partial charge on any atom is 0.226 e. The summed E-state index contributed by atoms with van der Waals surface area (Å²) in [7, 11) is 0. The monoisotopic (exact) mass is 262 g/mol. The molecule has 1 amide bonds. The Bertz CT molecular complexity index is 602. The van der Waals surface area contributed by atoms with E-state index in [0.29, 0.717) is 11.3 Å². The van der Waals surface area contributed by atoms with Crippen LogP contribution in [0.25, 0.3) is 11.0 Å². The van der Waals surface area contributed by atoms with Crippen LogP contribution < -0.4 is 5.32 Å². The lowest BCUT2D eigenvalue weighted by Gasteiger charge is -2.23. The Labute approximate surface area is 111 Å². The van der Waals surface area contributed by atoms with E-state index in [4.69, 9.17) is 9.63 Å². The standard InChI is InChI=1S/C14H18N2O3/c1-9-4-5-12-10(6-9)11(16-19-12)7-13(18)15-14(2,3)8-17/h4-6,17H,7-8H2,1-3H3,(H,15,18). The van der Waals surface area contributed by atoms with Crippen molar-refractivity contribution in [1.29, 1.82) is 0 Å². The number of aliphatic hydroxyl groups excluding tert-OH is 1. The van der Waals surface area contributed by atoms with E-state index in [-0.39, 0.29) is 18.9 Å². The van der Waals surface area contributed by atoms with E-state index in [1.54, 1.807) is 13.8 Å². The molecular formula is C14H18N2O3. The fourth-order valence-electron chi connectivity index (χ4n) is 1.84. The van der Waals surface area contributed by atoms with Gasteiger partial charge in [0.25, 0.3) is 0 Å². The molecule has 0 aliphatic rings. The first-order chi connectivity index (χ1) is 8.91. The average molecular weight is 262 g/mol. The first kappa shape index (κ1) is 13.5. The summed E-state index contributed by atoms with van der Waals surface area (Å²) >= 11 is 0. The molecule has 2 aromatic rings. The van der Waals surface area contributed by atoms with Gasteiger partial charge in [0.15, 0.2) is 5.58 Å². The highest BCUT2D eigenvalue weighted by molar-refractivity contribution is 5.86. The molecule has 0 atom stereocenters. The van der Waals surface area contributed by atoms with Gasteiger partial charge in [0, 0.05) is 5.39 Å². The summed E-state index contributed by atoms with van der Waals surface area (Å²) in [5.74, 6) is -0.184. The van der Waals surface area contributed by atoms with Crippen LogP contribution in [0.15, 0.2) is 22.7 Å². The van der Waals surface area contributed by atoms with E-state index in [9.17, 15) is 4.79 Å². The van der Waals surface area contributed by atoms with Gasteiger partial charge in [0.2, 0.25) is 5.91 Å². The molecule has 0 spiro atoms. The van der Waals surface area contributed by atoms with E-state index in [0.717, 1.165) is 10.9 Å². The van der Waals surface area contributed by atoms with Crippen molar-refractivity contribution >= 4 is 16.9 Å². The number of carbonyl (C=O) groups is 1. The minimum Gasteiger partial charge on any atom is -0.394 e. The number of benzene rings is 1. The van der Waals surface area contributed by atoms with Crippen LogP contribution in [0.2, 0.25) is 0 Å². The lowest BCUT2D eigenvalue weighted by atomic mass is 10.1. The van der Waals surface area contributed by atoms with Crippen molar-refractivity contribution in [2.75, 3.05) is 6.61 Å². The highest BCUT2D eigenvalue weighted by Crippen LogP contribution is 2.20. The zero-order valence-corrected chi connectivity index (χ0v) is 11.4. The van der Waals surface area contributed by atoms with Gasteiger partial charge in [-0.05, 0) is 32.9 Å². The van der Waals surface area contributed by atoms with Gasteiger partial charge in [0.1, 0.15) is 5.69 Å². The maximum atomic E-state index is 11.9. The molecule has 0 aliphatic carbocycles. The maximum absolute atomic E-state index is 11.9. The topological polar surface area (TPSA) is 75.4 Å². The fourth-order valence-corrected chi connectivity index (χ4v) is 1.84. The highest BCUT2D eigenvalue weighted by Gasteiger charge is 2.20. The minimum absolute atomic E-state index is 0.114. The number of rotatable bonds is 4. The number of amides is 1. The van der Waals surface area contributed by atoms with Gasteiger partial charge >= 0.3 is 0 Å². The van der Waals surface area contributed by atoms with Crippen molar-refractivity contribution in [2.24, 2.45) is 0 Å². The van der Waals surface area contributed by atoms with E-state index in [1.165, 1.54) is 0 Å². The lowest BCUT2D eigenvalue weighted by molar-refractivity contribution is -0.122. The molecule has 5 nitrogen and oxygen atoms in total. The smallest absolute Gasteiger partial charge is 0.226 e. The lowest BCUT2D eigenvalue weighted by Crippen LogP contribution is -2.46. The van der Waals surface area contributed by atoms with Gasteiger partial charge in [-0.3, -0.25) is 4.79 Å². The number of aryl methyl sites for hydroxylation is 1. The fraction of sp³-hybridized carbons (Fsp3) is 0.429. The average Bonchev–Trinajstić information content (AvgIpc) is 2.71. The first-order valence-corrected chi connectivity index (χ1v) is 6.18. The van der Waals surface area contributed by atoms with Gasteiger partial charge < -0.3 is 14.9 Å². The molecule has 0 saturated carbocycles. The Morgan fingerprint density at radius 1 is 1.47 bits per heavy atom. The molecule has 1 aromatic heterocycles. The molecule has 2 rings (SSSR count). The van der Waals surface area contributed by atoms with Crippen LogP contribution in [0, 0.1) is 6.92 Å². The summed E-state index contributed by atoms with van der Waals surface area (Å²) in [4.78, 5) is 11.9. The number of nitrogens with one attached hydrogen (secondary N) is 1. The SMILES string of the molecule is Cc1ccc2onc(CC(=O)NC(C)(C)CO)c2c1. The summed E-state index contributed by atoms with van der Waals surface area (Å²) in [6, 6.07) is 5.73. The highest BCUT2D eigenvalue weighted by atomic mass is 16.5. The molecule has 0 aliphatic heterocycles. The van der Waals surface area contributed by atoms with Gasteiger partial charge in [-0.2, -0.15) is 0 Å². The zero-order valence-electron chi connectivity index (χ0n) is 11.4. The third kappa shape index (κ3) is 3.12. The molecule has 0 bridgehead atoms. The number of fused-ring (bicyclic) bond motifs is 1. The Morgan fingerprint density at radius 2 is 2.21 bits per heavy atom. The van der Waals surface area contributed by atoms with Crippen LogP contribution in [-0.4, -0.2) is 28.3 Å². The van der Waals surface area contributed by atoms with Gasteiger partial charge in [-0.1, -0.05) is 16.8 Å². The predicted molar refractivity (Wildman–Crippen MR) is 71.8 cm³/mol. The van der Waals surface area contributed by atoms with E-state index >= 15 is 0 Å². The molecule has 1 aromatic carbocycles. The third-order valence-corrected chi connectivity index (χ3v) is 2.90. The molecule has 19 heavy (non-hydrogen) atoms. The Hall–Kier alpha value is -1.88. The van der Waals surface area contributed by atoms with Gasteiger partial charge in [0.05, 0.1) is 18.6 Å². The Kier molecular flexibility index (Phi) is 3.57. The summed E-state index contributed by atoms with van der Waals surface area (Å²) in [5, 5.41) is 16.7. The molecular weight excluding hydrogens is 244 g/mol. The van der Waals surface area contributed by atoms with Crippen molar-refractivity contribution in [1.82, 2.24) is 10.5 Å². The van der Waals surface area contributed by atoms with Crippen LogP contribution in [0.4, 0.5) is 0 Å². The molecule has 1 heterocycles. The molecule has 0 radical (unpaired) electrons. The van der Waals surface area contributed by atoms with Crippen LogP contribution in [0.5, 0.6) is 0 Å². The predicted octanol–water partition coefficient (Wildman–Crippen LogP) is 1.57. The summed E-state index contributed by atoms with van der Waals surface area (Å²) in [6.45, 7) is 5.38. The summed E-state index contributed by atoms with van der Waals surface area (Å²) in [5.41, 5.74) is 1.75. The third-order valence-electron chi connectivity index (χ3n) is 2.90. The van der Waals surface area contributed by atoms with E-state index in [2.05, 4.69) is 10.5 Å². The van der Waals surface area contributed by atoms with Crippen molar-refractivity contribution in [3.8, 4) is 0 Å². The second-order valence-electron chi connectivity index (χ2n) is 5.40.